The first-order valence-electron chi connectivity index (χ1n) is 6.35. The summed E-state index contributed by atoms with van der Waals surface area (Å²) in [6.45, 7) is 3.58. The van der Waals surface area contributed by atoms with Crippen LogP contribution in [-0.4, -0.2) is 9.97 Å². The van der Waals surface area contributed by atoms with E-state index in [-0.39, 0.29) is 5.82 Å². The molecule has 3 aromatic rings. The molecule has 21 heavy (non-hydrogen) atoms. The van der Waals surface area contributed by atoms with Crippen LogP contribution in [0.25, 0.3) is 22.3 Å². The van der Waals surface area contributed by atoms with E-state index in [0.717, 1.165) is 11.1 Å². The molecule has 106 valence electrons. The molecule has 3 rings (SSSR count). The molecule has 0 radical (unpaired) electrons. The first kappa shape index (κ1) is 14.2. The monoisotopic (exact) mass is 320 g/mol. The van der Waals surface area contributed by atoms with Crippen LogP contribution in [0, 0.1) is 19.7 Å². The van der Waals surface area contributed by atoms with Crippen LogP contribution in [0.5, 0.6) is 0 Å². The summed E-state index contributed by atoms with van der Waals surface area (Å²) in [5, 5.41) is 1.63. The van der Waals surface area contributed by atoms with Gasteiger partial charge in [0.05, 0.1) is 5.52 Å². The average molecular weight is 321 g/mol. The van der Waals surface area contributed by atoms with Crippen LogP contribution in [0.15, 0.2) is 30.3 Å². The zero-order chi connectivity index (χ0) is 15.1. The molecule has 0 aliphatic carbocycles. The fourth-order valence-corrected chi connectivity index (χ4v) is 2.48. The van der Waals surface area contributed by atoms with Gasteiger partial charge in [0.1, 0.15) is 11.0 Å². The number of benzene rings is 2. The molecular weight excluding hydrogens is 310 g/mol. The van der Waals surface area contributed by atoms with Gasteiger partial charge < -0.3 is 0 Å². The molecule has 0 N–H and O–H groups in total. The van der Waals surface area contributed by atoms with Crippen LogP contribution in [0.3, 0.4) is 0 Å². The third-order valence-electron chi connectivity index (χ3n) is 3.35. The van der Waals surface area contributed by atoms with Crippen LogP contribution in [-0.2, 0) is 0 Å². The first-order valence-corrected chi connectivity index (χ1v) is 7.11. The van der Waals surface area contributed by atoms with Gasteiger partial charge in [-0.2, -0.15) is 0 Å². The SMILES string of the molecule is Cc1cc2c(Cl)nc(-c3ccc(Cl)c(C)c3)nc2cc1F. The third kappa shape index (κ3) is 2.59. The van der Waals surface area contributed by atoms with Gasteiger partial charge in [-0.1, -0.05) is 23.2 Å². The molecule has 0 unspecified atom stereocenters. The van der Waals surface area contributed by atoms with Gasteiger partial charge in [0.15, 0.2) is 5.82 Å². The van der Waals surface area contributed by atoms with E-state index in [4.69, 9.17) is 23.2 Å². The Morgan fingerprint density at radius 1 is 0.952 bits per heavy atom. The number of aryl methyl sites for hydroxylation is 2. The van der Waals surface area contributed by atoms with Gasteiger partial charge in [-0.25, -0.2) is 14.4 Å². The van der Waals surface area contributed by atoms with E-state index in [0.29, 0.717) is 32.5 Å². The number of aromatic nitrogens is 2. The summed E-state index contributed by atoms with van der Waals surface area (Å²) in [6.07, 6.45) is 0. The smallest absolute Gasteiger partial charge is 0.161 e. The minimum Gasteiger partial charge on any atom is -0.228 e. The van der Waals surface area contributed by atoms with E-state index in [1.807, 2.05) is 19.1 Å². The molecule has 0 saturated carbocycles. The van der Waals surface area contributed by atoms with Crippen molar-refractivity contribution in [2.75, 3.05) is 0 Å². The highest BCUT2D eigenvalue weighted by molar-refractivity contribution is 6.34. The summed E-state index contributed by atoms with van der Waals surface area (Å²) < 4.78 is 13.7. The van der Waals surface area contributed by atoms with Crippen molar-refractivity contribution in [3.63, 3.8) is 0 Å². The van der Waals surface area contributed by atoms with Gasteiger partial charge in [-0.05, 0) is 49.2 Å². The van der Waals surface area contributed by atoms with Gasteiger partial charge in [-0.3, -0.25) is 0 Å². The third-order valence-corrected chi connectivity index (χ3v) is 4.06. The van der Waals surface area contributed by atoms with E-state index < -0.39 is 0 Å². The van der Waals surface area contributed by atoms with E-state index in [9.17, 15) is 4.39 Å². The Hall–Kier alpha value is -1.71. The summed E-state index contributed by atoms with van der Waals surface area (Å²) in [6, 6.07) is 8.51. The zero-order valence-corrected chi connectivity index (χ0v) is 12.9. The molecule has 0 spiro atoms. The van der Waals surface area contributed by atoms with E-state index in [2.05, 4.69) is 9.97 Å². The Bertz CT molecular complexity index is 863. The van der Waals surface area contributed by atoms with Crippen molar-refractivity contribution in [2.45, 2.75) is 13.8 Å². The van der Waals surface area contributed by atoms with Crippen LogP contribution in [0.4, 0.5) is 4.39 Å². The van der Waals surface area contributed by atoms with E-state index >= 15 is 0 Å². The molecular formula is C16H11Cl2FN2. The van der Waals surface area contributed by atoms with E-state index in [1.165, 1.54) is 6.07 Å². The summed E-state index contributed by atoms with van der Waals surface area (Å²) in [7, 11) is 0. The lowest BCUT2D eigenvalue weighted by molar-refractivity contribution is 0.620. The van der Waals surface area contributed by atoms with E-state index in [1.54, 1.807) is 19.1 Å². The fourth-order valence-electron chi connectivity index (χ4n) is 2.13. The number of rotatable bonds is 1. The Morgan fingerprint density at radius 3 is 2.43 bits per heavy atom. The minimum absolute atomic E-state index is 0.310. The molecule has 0 atom stereocenters. The molecule has 2 nitrogen and oxygen atoms in total. The molecule has 0 bridgehead atoms. The Kier molecular flexibility index (Phi) is 3.56. The number of hydrogen-bond donors (Lipinski definition) is 0. The molecule has 1 aromatic heterocycles. The maximum Gasteiger partial charge on any atom is 0.161 e. The van der Waals surface area contributed by atoms with Gasteiger partial charge in [0.2, 0.25) is 0 Å². The first-order chi connectivity index (χ1) is 9.95. The highest BCUT2D eigenvalue weighted by atomic mass is 35.5. The summed E-state index contributed by atoms with van der Waals surface area (Å²) in [4.78, 5) is 8.70. The predicted octanol–water partition coefficient (Wildman–Crippen LogP) is 5.36. The maximum absolute atomic E-state index is 13.7. The Labute approximate surface area is 131 Å². The maximum atomic E-state index is 13.7. The molecule has 0 amide bonds. The quantitative estimate of drug-likeness (QED) is 0.564. The van der Waals surface area contributed by atoms with Gasteiger partial charge >= 0.3 is 0 Å². The fraction of sp³-hybridized carbons (Fsp3) is 0.125. The van der Waals surface area contributed by atoms with Crippen molar-refractivity contribution in [1.29, 1.82) is 0 Å². The lowest BCUT2D eigenvalue weighted by atomic mass is 10.1. The second-order valence-electron chi connectivity index (χ2n) is 4.92. The normalized spacial score (nSPS) is 11.1. The predicted molar refractivity (Wildman–Crippen MR) is 84.4 cm³/mol. The summed E-state index contributed by atoms with van der Waals surface area (Å²) in [5.74, 6) is 0.144. The average Bonchev–Trinajstić information content (AvgIpc) is 2.44. The molecule has 0 saturated heterocycles. The minimum atomic E-state index is -0.310. The van der Waals surface area contributed by atoms with Crippen molar-refractivity contribution in [3.8, 4) is 11.4 Å². The summed E-state index contributed by atoms with van der Waals surface area (Å²) in [5.41, 5.74) is 2.72. The standard InChI is InChI=1S/C16H11Cl2FN2/c1-8-5-10(3-4-12(8)17)16-20-14-7-13(19)9(2)6-11(14)15(18)21-16/h3-7H,1-2H3. The van der Waals surface area contributed by atoms with Crippen LogP contribution in [0.2, 0.25) is 10.2 Å². The Morgan fingerprint density at radius 2 is 1.71 bits per heavy atom. The van der Waals surface area contributed by atoms with Crippen LogP contribution >= 0.6 is 23.2 Å². The van der Waals surface area contributed by atoms with Crippen molar-refractivity contribution in [3.05, 3.63) is 57.5 Å². The molecule has 1 heterocycles. The second kappa shape index (κ2) is 5.24. The van der Waals surface area contributed by atoms with Crippen molar-refractivity contribution in [2.24, 2.45) is 0 Å². The molecule has 0 aliphatic rings. The topological polar surface area (TPSA) is 25.8 Å². The lowest BCUT2D eigenvalue weighted by Crippen LogP contribution is -1.94. The molecule has 0 fully saturated rings. The van der Waals surface area contributed by atoms with Gasteiger partial charge in [-0.15, -0.1) is 0 Å². The number of halogens is 3. The molecule has 0 aliphatic heterocycles. The van der Waals surface area contributed by atoms with Crippen LogP contribution in [0.1, 0.15) is 11.1 Å². The van der Waals surface area contributed by atoms with Crippen molar-refractivity contribution >= 4 is 34.1 Å². The largest absolute Gasteiger partial charge is 0.228 e. The molecule has 5 heteroatoms. The number of fused-ring (bicyclic) bond motifs is 1. The van der Waals surface area contributed by atoms with Crippen molar-refractivity contribution < 1.29 is 4.39 Å². The zero-order valence-electron chi connectivity index (χ0n) is 11.4. The van der Waals surface area contributed by atoms with Crippen molar-refractivity contribution in [1.82, 2.24) is 9.97 Å². The second-order valence-corrected chi connectivity index (χ2v) is 5.69. The highest BCUT2D eigenvalue weighted by Crippen LogP contribution is 2.28. The lowest BCUT2D eigenvalue weighted by Gasteiger charge is -2.07. The molecule has 2 aromatic carbocycles. The number of hydrogen-bond acceptors (Lipinski definition) is 2. The summed E-state index contributed by atoms with van der Waals surface area (Å²) >= 11 is 12.2. The van der Waals surface area contributed by atoms with Gasteiger partial charge in [0, 0.05) is 22.0 Å². The number of nitrogens with zero attached hydrogens (tertiary/aromatic N) is 2. The van der Waals surface area contributed by atoms with Crippen LogP contribution < -0.4 is 0 Å². The Balaban J connectivity index is 2.24. The van der Waals surface area contributed by atoms with Gasteiger partial charge in [0.25, 0.3) is 0 Å². The highest BCUT2D eigenvalue weighted by Gasteiger charge is 2.11.